The molecule has 6 heteroatoms. The van der Waals surface area contributed by atoms with Gasteiger partial charge in [0.15, 0.2) is 0 Å². The summed E-state index contributed by atoms with van der Waals surface area (Å²) < 4.78 is 26.0. The molecule has 0 atom stereocenters. The normalized spacial score (nSPS) is 15.7. The lowest BCUT2D eigenvalue weighted by molar-refractivity contribution is -0.120. The second-order valence-electron chi connectivity index (χ2n) is 3.07. The van der Waals surface area contributed by atoms with E-state index in [4.69, 9.17) is 0 Å². The second kappa shape index (κ2) is 3.79. The zero-order valence-corrected chi connectivity index (χ0v) is 9.29. The Balaban J connectivity index is 2.47. The average Bonchev–Trinajstić information content (AvgIpc) is 2.43. The van der Waals surface area contributed by atoms with Crippen LogP contribution in [0.4, 0.5) is 14.5 Å². The van der Waals surface area contributed by atoms with Crippen LogP contribution in [-0.2, 0) is 9.59 Å². The molecule has 1 aliphatic rings. The van der Waals surface area contributed by atoms with Crippen LogP contribution in [0.2, 0.25) is 0 Å². The maximum atomic E-state index is 13.4. The third-order valence-electron chi connectivity index (χ3n) is 2.03. The molecule has 0 radical (unpaired) electrons. The Labute approximate surface area is 97.5 Å². The van der Waals surface area contributed by atoms with E-state index in [0.717, 1.165) is 18.2 Å². The van der Waals surface area contributed by atoms with E-state index in [0.29, 0.717) is 11.0 Å². The zero-order valence-electron chi connectivity index (χ0n) is 7.71. The SMILES string of the molecule is O=C1C=C(Br)C(=O)N1c1ccc(F)cc1F. The highest BCUT2D eigenvalue weighted by molar-refractivity contribution is 9.12. The average molecular weight is 288 g/mol. The van der Waals surface area contributed by atoms with E-state index in [1.165, 1.54) is 0 Å². The molecular weight excluding hydrogens is 284 g/mol. The van der Waals surface area contributed by atoms with Crippen LogP contribution in [-0.4, -0.2) is 11.8 Å². The third-order valence-corrected chi connectivity index (χ3v) is 2.60. The summed E-state index contributed by atoms with van der Waals surface area (Å²) in [5.41, 5.74) is -0.262. The minimum Gasteiger partial charge on any atom is -0.269 e. The summed E-state index contributed by atoms with van der Waals surface area (Å²) in [6, 6.07) is 2.63. The van der Waals surface area contributed by atoms with Crippen LogP contribution in [0.5, 0.6) is 0 Å². The number of halogens is 3. The molecule has 2 amide bonds. The third kappa shape index (κ3) is 1.65. The highest BCUT2D eigenvalue weighted by atomic mass is 79.9. The summed E-state index contributed by atoms with van der Waals surface area (Å²) in [4.78, 5) is 23.5. The van der Waals surface area contributed by atoms with Gasteiger partial charge in [0.05, 0.1) is 10.2 Å². The summed E-state index contributed by atoms with van der Waals surface area (Å²) in [6.07, 6.45) is 1.03. The highest BCUT2D eigenvalue weighted by Crippen LogP contribution is 2.27. The zero-order chi connectivity index (χ0) is 11.9. The molecular formula is C10H4BrF2NO2. The van der Waals surface area contributed by atoms with Crippen molar-refractivity contribution in [1.82, 2.24) is 0 Å². The lowest BCUT2D eigenvalue weighted by atomic mass is 10.2. The van der Waals surface area contributed by atoms with Crippen LogP contribution in [0.15, 0.2) is 28.8 Å². The lowest BCUT2D eigenvalue weighted by Crippen LogP contribution is -2.31. The number of carbonyl (C=O) groups is 2. The molecule has 16 heavy (non-hydrogen) atoms. The molecule has 0 saturated carbocycles. The van der Waals surface area contributed by atoms with Crippen LogP contribution in [0.1, 0.15) is 0 Å². The Hall–Kier alpha value is -1.56. The number of hydrogen-bond donors (Lipinski definition) is 0. The molecule has 0 N–H and O–H groups in total. The summed E-state index contributed by atoms with van der Waals surface area (Å²) in [5, 5.41) is 0. The van der Waals surface area contributed by atoms with Gasteiger partial charge < -0.3 is 0 Å². The van der Waals surface area contributed by atoms with Crippen molar-refractivity contribution in [3.05, 3.63) is 40.4 Å². The number of anilines is 1. The molecule has 1 heterocycles. The van der Waals surface area contributed by atoms with E-state index >= 15 is 0 Å². The fraction of sp³-hybridized carbons (Fsp3) is 0. The van der Waals surface area contributed by atoms with Gasteiger partial charge in [-0.25, -0.2) is 13.7 Å². The molecule has 0 aromatic heterocycles. The Bertz CT molecular complexity index is 528. The molecule has 1 aromatic carbocycles. The fourth-order valence-electron chi connectivity index (χ4n) is 1.33. The molecule has 0 bridgehead atoms. The molecule has 0 unspecified atom stereocenters. The fourth-order valence-corrected chi connectivity index (χ4v) is 1.71. The van der Waals surface area contributed by atoms with Gasteiger partial charge in [-0.15, -0.1) is 0 Å². The van der Waals surface area contributed by atoms with E-state index in [-0.39, 0.29) is 10.2 Å². The molecule has 0 fully saturated rings. The molecule has 1 aliphatic heterocycles. The van der Waals surface area contributed by atoms with Crippen LogP contribution >= 0.6 is 15.9 Å². The van der Waals surface area contributed by atoms with E-state index in [1.807, 2.05) is 0 Å². The van der Waals surface area contributed by atoms with Crippen molar-refractivity contribution in [1.29, 1.82) is 0 Å². The highest BCUT2D eigenvalue weighted by Gasteiger charge is 2.32. The van der Waals surface area contributed by atoms with Gasteiger partial charge in [0, 0.05) is 12.1 Å². The van der Waals surface area contributed by atoms with Gasteiger partial charge in [0.1, 0.15) is 11.6 Å². The second-order valence-corrected chi connectivity index (χ2v) is 3.92. The number of amides is 2. The molecule has 2 rings (SSSR count). The van der Waals surface area contributed by atoms with Gasteiger partial charge in [-0.2, -0.15) is 0 Å². The van der Waals surface area contributed by atoms with Crippen molar-refractivity contribution in [3.63, 3.8) is 0 Å². The first-order valence-corrected chi connectivity index (χ1v) is 5.00. The van der Waals surface area contributed by atoms with Gasteiger partial charge in [-0.1, -0.05) is 0 Å². The first-order valence-electron chi connectivity index (χ1n) is 4.21. The van der Waals surface area contributed by atoms with Crippen LogP contribution < -0.4 is 4.90 Å². The predicted octanol–water partition coefficient (Wildman–Crippen LogP) is 2.12. The summed E-state index contributed by atoms with van der Waals surface area (Å²) >= 11 is 2.87. The maximum absolute atomic E-state index is 13.4. The standard InChI is InChI=1S/C10H4BrF2NO2/c11-6-4-9(15)14(10(6)16)8-2-1-5(12)3-7(8)13/h1-4H. The first kappa shape index (κ1) is 10.9. The Morgan fingerprint density at radius 3 is 2.38 bits per heavy atom. The van der Waals surface area contributed by atoms with Crippen LogP contribution in [0.3, 0.4) is 0 Å². The number of nitrogens with zero attached hydrogens (tertiary/aromatic N) is 1. The van der Waals surface area contributed by atoms with E-state index in [2.05, 4.69) is 15.9 Å². The van der Waals surface area contributed by atoms with Crippen molar-refractivity contribution in [3.8, 4) is 0 Å². The molecule has 0 aliphatic carbocycles. The predicted molar refractivity (Wildman–Crippen MR) is 55.9 cm³/mol. The molecule has 1 aromatic rings. The smallest absolute Gasteiger partial charge is 0.269 e. The molecule has 3 nitrogen and oxygen atoms in total. The Kier molecular flexibility index (Phi) is 2.59. The summed E-state index contributed by atoms with van der Waals surface area (Å²) in [7, 11) is 0. The van der Waals surface area contributed by atoms with Crippen LogP contribution in [0, 0.1) is 11.6 Å². The van der Waals surface area contributed by atoms with Crippen LogP contribution in [0.25, 0.3) is 0 Å². The minimum absolute atomic E-state index is 0.0428. The van der Waals surface area contributed by atoms with E-state index in [1.54, 1.807) is 0 Å². The topological polar surface area (TPSA) is 37.4 Å². The van der Waals surface area contributed by atoms with Gasteiger partial charge in [-0.3, -0.25) is 9.59 Å². The lowest BCUT2D eigenvalue weighted by Gasteiger charge is -2.14. The van der Waals surface area contributed by atoms with Crippen molar-refractivity contribution in [2.45, 2.75) is 0 Å². The monoisotopic (exact) mass is 287 g/mol. The number of rotatable bonds is 1. The van der Waals surface area contributed by atoms with Gasteiger partial charge in [-0.05, 0) is 28.1 Å². The summed E-state index contributed by atoms with van der Waals surface area (Å²) in [5.74, 6) is -3.07. The van der Waals surface area contributed by atoms with E-state index in [9.17, 15) is 18.4 Å². The largest absolute Gasteiger partial charge is 0.272 e. The number of benzene rings is 1. The first-order chi connectivity index (χ1) is 7.50. The summed E-state index contributed by atoms with van der Waals surface area (Å²) in [6.45, 7) is 0. The van der Waals surface area contributed by atoms with Gasteiger partial charge in [0.2, 0.25) is 0 Å². The van der Waals surface area contributed by atoms with Crippen molar-refractivity contribution >= 4 is 33.4 Å². The number of imide groups is 1. The number of hydrogen-bond acceptors (Lipinski definition) is 2. The van der Waals surface area contributed by atoms with Crippen molar-refractivity contribution in [2.24, 2.45) is 0 Å². The minimum atomic E-state index is -0.961. The van der Waals surface area contributed by atoms with E-state index < -0.39 is 23.4 Å². The number of carbonyl (C=O) groups excluding carboxylic acids is 2. The Morgan fingerprint density at radius 1 is 1.19 bits per heavy atom. The quantitative estimate of drug-likeness (QED) is 0.742. The van der Waals surface area contributed by atoms with Gasteiger partial charge in [0.25, 0.3) is 11.8 Å². The Morgan fingerprint density at radius 2 is 1.88 bits per heavy atom. The molecule has 0 spiro atoms. The van der Waals surface area contributed by atoms with Gasteiger partial charge >= 0.3 is 0 Å². The van der Waals surface area contributed by atoms with Crippen molar-refractivity contribution < 1.29 is 18.4 Å². The maximum Gasteiger partial charge on any atom is 0.272 e. The van der Waals surface area contributed by atoms with Crippen molar-refractivity contribution in [2.75, 3.05) is 4.90 Å². The molecule has 0 saturated heterocycles. The molecule has 82 valence electrons.